The second kappa shape index (κ2) is 8.36. The number of hydrogen-bond donors (Lipinski definition) is 0. The number of rotatable bonds is 7. The number of nitrogens with zero attached hydrogens (tertiary/aromatic N) is 4. The van der Waals surface area contributed by atoms with E-state index in [9.17, 15) is 4.79 Å². The summed E-state index contributed by atoms with van der Waals surface area (Å²) < 4.78 is 10.8. The first-order valence-electron chi connectivity index (χ1n) is 7.92. The maximum absolute atomic E-state index is 12.6. The number of furan rings is 1. The summed E-state index contributed by atoms with van der Waals surface area (Å²) in [6, 6.07) is 13.1. The monoisotopic (exact) mass is 368 g/mol. The van der Waals surface area contributed by atoms with E-state index in [1.807, 2.05) is 37.3 Å². The van der Waals surface area contributed by atoms with E-state index < -0.39 is 0 Å². The van der Waals surface area contributed by atoms with E-state index in [2.05, 4.69) is 16.3 Å². The molecule has 26 heavy (non-hydrogen) atoms. The molecule has 0 atom stereocenters. The molecule has 0 aliphatic carbocycles. The lowest BCUT2D eigenvalue weighted by molar-refractivity contribution is -0.116. The maximum Gasteiger partial charge on any atom is 0.277 e. The molecule has 0 fully saturated rings. The molecule has 1 aromatic carbocycles. The molecule has 0 bridgehead atoms. The molecule has 0 aliphatic heterocycles. The normalized spacial score (nSPS) is 10.5. The Kier molecular flexibility index (Phi) is 5.71. The van der Waals surface area contributed by atoms with Gasteiger partial charge in [-0.05, 0) is 25.1 Å². The Balaban J connectivity index is 1.66. The third-order valence-electron chi connectivity index (χ3n) is 3.63. The molecule has 3 aromatic rings. The molecular weight excluding hydrogens is 352 g/mol. The molecule has 3 rings (SSSR count). The third-order valence-corrected chi connectivity index (χ3v) is 4.43. The van der Waals surface area contributed by atoms with Crippen molar-refractivity contribution in [3.63, 3.8) is 0 Å². The molecule has 8 heteroatoms. The van der Waals surface area contributed by atoms with E-state index in [0.29, 0.717) is 23.4 Å². The summed E-state index contributed by atoms with van der Waals surface area (Å²) in [5.41, 5.74) is 1.49. The van der Waals surface area contributed by atoms with Crippen LogP contribution < -0.4 is 4.90 Å². The lowest BCUT2D eigenvalue weighted by Gasteiger charge is -2.21. The van der Waals surface area contributed by atoms with Crippen molar-refractivity contribution >= 4 is 23.4 Å². The third kappa shape index (κ3) is 4.13. The summed E-state index contributed by atoms with van der Waals surface area (Å²) in [7, 11) is 0. The highest BCUT2D eigenvalue weighted by Crippen LogP contribution is 2.26. The highest BCUT2D eigenvalue weighted by Gasteiger charge is 2.18. The van der Waals surface area contributed by atoms with Gasteiger partial charge in [-0.25, -0.2) is 0 Å². The summed E-state index contributed by atoms with van der Waals surface area (Å²) in [6.07, 6.45) is 1.81. The molecule has 7 nitrogen and oxygen atoms in total. The van der Waals surface area contributed by atoms with E-state index in [-0.39, 0.29) is 18.1 Å². The molecule has 0 radical (unpaired) electrons. The Bertz CT molecular complexity index is 914. The summed E-state index contributed by atoms with van der Waals surface area (Å²) in [5.74, 6) is 1.05. The van der Waals surface area contributed by atoms with Gasteiger partial charge in [-0.15, -0.1) is 10.2 Å². The number of aryl methyl sites for hydroxylation is 1. The molecule has 0 aliphatic rings. The van der Waals surface area contributed by atoms with Gasteiger partial charge < -0.3 is 13.7 Å². The molecule has 0 N–H and O–H groups in total. The van der Waals surface area contributed by atoms with E-state index in [4.69, 9.17) is 14.1 Å². The van der Waals surface area contributed by atoms with Crippen molar-refractivity contribution in [3.8, 4) is 17.5 Å². The first-order chi connectivity index (χ1) is 12.7. The van der Waals surface area contributed by atoms with Crippen LogP contribution >= 0.6 is 11.8 Å². The maximum atomic E-state index is 12.6. The smallest absolute Gasteiger partial charge is 0.277 e. The Morgan fingerprint density at radius 2 is 2.08 bits per heavy atom. The molecule has 0 saturated carbocycles. The fourth-order valence-electron chi connectivity index (χ4n) is 2.35. The number of amides is 1. The Labute approximate surface area is 154 Å². The van der Waals surface area contributed by atoms with Crippen LogP contribution in [0.4, 0.5) is 5.69 Å². The summed E-state index contributed by atoms with van der Waals surface area (Å²) in [5, 5.41) is 17.1. The molecule has 2 heterocycles. The SMILES string of the molecule is Cc1occc1-c1nnc(SCC(=O)N(CCC#N)c2ccccc2)o1. The van der Waals surface area contributed by atoms with Crippen LogP contribution in [0.15, 0.2) is 56.7 Å². The average molecular weight is 368 g/mol. The van der Waals surface area contributed by atoms with Crippen LogP contribution in [0.5, 0.6) is 0 Å². The zero-order chi connectivity index (χ0) is 18.4. The Morgan fingerprint density at radius 3 is 2.77 bits per heavy atom. The Morgan fingerprint density at radius 1 is 1.27 bits per heavy atom. The van der Waals surface area contributed by atoms with Crippen LogP contribution in [-0.4, -0.2) is 28.4 Å². The lowest BCUT2D eigenvalue weighted by Crippen LogP contribution is -2.33. The van der Waals surface area contributed by atoms with Crippen molar-refractivity contribution < 1.29 is 13.6 Å². The van der Waals surface area contributed by atoms with Crippen LogP contribution in [0.25, 0.3) is 11.5 Å². The second-order valence-electron chi connectivity index (χ2n) is 5.34. The van der Waals surface area contributed by atoms with Crippen LogP contribution in [0.1, 0.15) is 12.2 Å². The minimum absolute atomic E-state index is 0.129. The van der Waals surface area contributed by atoms with Gasteiger partial charge >= 0.3 is 0 Å². The van der Waals surface area contributed by atoms with Crippen molar-refractivity contribution in [3.05, 3.63) is 48.4 Å². The quantitative estimate of drug-likeness (QED) is 0.587. The largest absolute Gasteiger partial charge is 0.469 e. The second-order valence-corrected chi connectivity index (χ2v) is 6.27. The van der Waals surface area contributed by atoms with E-state index in [1.54, 1.807) is 17.2 Å². The molecule has 0 saturated heterocycles. The standard InChI is InChI=1S/C18H16N4O3S/c1-13-15(8-11-24-13)17-20-21-18(25-17)26-12-16(23)22(10-5-9-19)14-6-3-2-4-7-14/h2-4,6-8,11H,5,10,12H2,1H3. The first-order valence-corrected chi connectivity index (χ1v) is 8.90. The van der Waals surface area contributed by atoms with Gasteiger partial charge in [0.25, 0.3) is 11.1 Å². The fraction of sp³-hybridized carbons (Fsp3) is 0.222. The van der Waals surface area contributed by atoms with Crippen molar-refractivity contribution in [1.29, 1.82) is 5.26 Å². The van der Waals surface area contributed by atoms with Crippen molar-refractivity contribution in [2.45, 2.75) is 18.6 Å². The number of carbonyl (C=O) groups is 1. The zero-order valence-electron chi connectivity index (χ0n) is 14.1. The molecule has 132 valence electrons. The van der Waals surface area contributed by atoms with Gasteiger partial charge in [0.1, 0.15) is 5.76 Å². The van der Waals surface area contributed by atoms with Gasteiger partial charge in [0.15, 0.2) is 0 Å². The fourth-order valence-corrected chi connectivity index (χ4v) is 2.99. The van der Waals surface area contributed by atoms with Crippen LogP contribution in [-0.2, 0) is 4.79 Å². The van der Waals surface area contributed by atoms with Crippen LogP contribution in [0, 0.1) is 18.3 Å². The average Bonchev–Trinajstić information content (AvgIpc) is 3.29. The number of anilines is 1. The summed E-state index contributed by atoms with van der Waals surface area (Å²) in [4.78, 5) is 14.2. The number of aromatic nitrogens is 2. The predicted octanol–water partition coefficient (Wildman–Crippen LogP) is 3.68. The molecular formula is C18H16N4O3S. The van der Waals surface area contributed by atoms with E-state index in [0.717, 1.165) is 23.0 Å². The topological polar surface area (TPSA) is 96.2 Å². The van der Waals surface area contributed by atoms with Crippen molar-refractivity contribution in [2.75, 3.05) is 17.2 Å². The molecule has 2 aromatic heterocycles. The van der Waals surface area contributed by atoms with Gasteiger partial charge in [0.05, 0.1) is 30.1 Å². The number of carbonyl (C=O) groups excluding carboxylic acids is 1. The number of hydrogen-bond acceptors (Lipinski definition) is 7. The summed E-state index contributed by atoms with van der Waals surface area (Å²) in [6.45, 7) is 2.14. The molecule has 0 spiro atoms. The minimum Gasteiger partial charge on any atom is -0.469 e. The molecule has 1 amide bonds. The van der Waals surface area contributed by atoms with E-state index in [1.165, 1.54) is 0 Å². The summed E-state index contributed by atoms with van der Waals surface area (Å²) >= 11 is 1.16. The predicted molar refractivity (Wildman–Crippen MR) is 96.5 cm³/mol. The van der Waals surface area contributed by atoms with Gasteiger partial charge in [-0.2, -0.15) is 5.26 Å². The van der Waals surface area contributed by atoms with E-state index >= 15 is 0 Å². The minimum atomic E-state index is -0.129. The van der Waals surface area contributed by atoms with Crippen molar-refractivity contribution in [2.24, 2.45) is 0 Å². The number of thioether (sulfide) groups is 1. The van der Waals surface area contributed by atoms with Gasteiger partial charge in [0.2, 0.25) is 5.91 Å². The van der Waals surface area contributed by atoms with Gasteiger partial charge in [0, 0.05) is 12.2 Å². The highest BCUT2D eigenvalue weighted by molar-refractivity contribution is 7.99. The molecule has 0 unspecified atom stereocenters. The van der Waals surface area contributed by atoms with Crippen LogP contribution in [0.3, 0.4) is 0 Å². The Hall–Kier alpha value is -3.05. The zero-order valence-corrected chi connectivity index (χ0v) is 14.9. The number of nitriles is 1. The number of para-hydroxylation sites is 1. The van der Waals surface area contributed by atoms with Crippen molar-refractivity contribution in [1.82, 2.24) is 10.2 Å². The first kappa shape index (κ1) is 17.8. The lowest BCUT2D eigenvalue weighted by atomic mass is 10.2. The number of benzene rings is 1. The highest BCUT2D eigenvalue weighted by atomic mass is 32.2. The van der Waals surface area contributed by atoms with Crippen LogP contribution in [0.2, 0.25) is 0 Å². The van der Waals surface area contributed by atoms with Gasteiger partial charge in [-0.1, -0.05) is 30.0 Å². The van der Waals surface area contributed by atoms with Gasteiger partial charge in [-0.3, -0.25) is 4.79 Å².